The summed E-state index contributed by atoms with van der Waals surface area (Å²) < 4.78 is 27.9. The number of nitrogens with zero attached hydrogens (tertiary/aromatic N) is 2. The van der Waals surface area contributed by atoms with Crippen molar-refractivity contribution in [2.24, 2.45) is 0 Å². The second-order valence-corrected chi connectivity index (χ2v) is 9.45. The summed E-state index contributed by atoms with van der Waals surface area (Å²) in [7, 11) is 3.61. The van der Waals surface area contributed by atoms with Crippen LogP contribution in [0.15, 0.2) is 24.4 Å². The molecule has 3 N–H and O–H groups in total. The number of benzene rings is 2. The number of ether oxygens (including phenoxy) is 2. The molecule has 0 spiro atoms. The SMILES string of the molecule is CCOc1cc2cn(CC(=O)c3cc(N(C)C)c(O)c(C(C)(C)C)c3)c(N)c2c(F)c1OCC. The summed E-state index contributed by atoms with van der Waals surface area (Å²) in [5, 5.41) is 11.5. The van der Waals surface area contributed by atoms with Gasteiger partial charge in [-0.2, -0.15) is 0 Å². The molecule has 0 aliphatic heterocycles. The predicted octanol–water partition coefficient (Wildman–Crippen LogP) is 5.11. The van der Waals surface area contributed by atoms with Gasteiger partial charge in [0.1, 0.15) is 11.6 Å². The normalized spacial score (nSPS) is 11.6. The molecule has 0 bridgehead atoms. The zero-order valence-corrected chi connectivity index (χ0v) is 21.0. The molecule has 1 heterocycles. The number of aromatic hydroxyl groups is 1. The Morgan fingerprint density at radius 1 is 1.15 bits per heavy atom. The maximum atomic E-state index is 15.3. The van der Waals surface area contributed by atoms with Gasteiger partial charge in [0, 0.05) is 36.8 Å². The fourth-order valence-electron chi connectivity index (χ4n) is 3.98. The van der Waals surface area contributed by atoms with E-state index < -0.39 is 5.82 Å². The van der Waals surface area contributed by atoms with Gasteiger partial charge in [-0.1, -0.05) is 20.8 Å². The molecule has 0 fully saturated rings. The summed E-state index contributed by atoms with van der Waals surface area (Å²) in [6.45, 7) is 10.0. The first-order valence-electron chi connectivity index (χ1n) is 11.3. The Balaban J connectivity index is 2.08. The highest BCUT2D eigenvalue weighted by Gasteiger charge is 2.25. The van der Waals surface area contributed by atoms with Gasteiger partial charge in [0.2, 0.25) is 0 Å². The lowest BCUT2D eigenvalue weighted by atomic mass is 9.84. The van der Waals surface area contributed by atoms with Crippen molar-refractivity contribution >= 4 is 28.1 Å². The molecular weight excluding hydrogens is 437 g/mol. The van der Waals surface area contributed by atoms with E-state index in [-0.39, 0.29) is 47.1 Å². The van der Waals surface area contributed by atoms with Crippen LogP contribution in [0.4, 0.5) is 15.9 Å². The van der Waals surface area contributed by atoms with E-state index in [4.69, 9.17) is 15.2 Å². The van der Waals surface area contributed by atoms with Crippen LogP contribution in [0.3, 0.4) is 0 Å². The summed E-state index contributed by atoms with van der Waals surface area (Å²) in [6.07, 6.45) is 1.64. The minimum atomic E-state index is -0.610. The number of halogens is 1. The third-order valence-corrected chi connectivity index (χ3v) is 5.68. The molecule has 0 radical (unpaired) electrons. The lowest BCUT2D eigenvalue weighted by molar-refractivity contribution is 0.0973. The van der Waals surface area contributed by atoms with Gasteiger partial charge >= 0.3 is 0 Å². The molecule has 1 aromatic heterocycles. The van der Waals surface area contributed by atoms with E-state index >= 15 is 4.39 Å². The van der Waals surface area contributed by atoms with Gasteiger partial charge < -0.3 is 29.8 Å². The Kier molecular flexibility index (Phi) is 7.00. The molecule has 0 atom stereocenters. The van der Waals surface area contributed by atoms with E-state index in [0.717, 1.165) is 0 Å². The van der Waals surface area contributed by atoms with E-state index in [1.165, 1.54) is 4.57 Å². The molecule has 2 aromatic carbocycles. The molecule has 3 aromatic rings. The smallest absolute Gasteiger partial charge is 0.197 e. The van der Waals surface area contributed by atoms with Gasteiger partial charge in [0.05, 0.1) is 30.8 Å². The van der Waals surface area contributed by atoms with Crippen LogP contribution >= 0.6 is 0 Å². The number of fused-ring (bicyclic) bond motifs is 1. The molecule has 0 amide bonds. The number of anilines is 2. The highest BCUT2D eigenvalue weighted by Crippen LogP contribution is 2.41. The number of Topliss-reactive ketones (excluding diaryl/α,β-unsaturated/α-hetero) is 1. The fourth-order valence-corrected chi connectivity index (χ4v) is 3.98. The highest BCUT2D eigenvalue weighted by molar-refractivity contribution is 6.00. The lowest BCUT2D eigenvalue weighted by Gasteiger charge is -2.25. The Hall–Kier alpha value is -3.42. The molecule has 0 saturated heterocycles. The van der Waals surface area contributed by atoms with Crippen molar-refractivity contribution in [2.45, 2.75) is 46.6 Å². The molecule has 7 nitrogen and oxygen atoms in total. The van der Waals surface area contributed by atoms with Crippen molar-refractivity contribution in [1.29, 1.82) is 0 Å². The average Bonchev–Trinajstić information content (AvgIpc) is 3.05. The van der Waals surface area contributed by atoms with Gasteiger partial charge in [0.25, 0.3) is 0 Å². The molecule has 0 unspecified atom stereocenters. The van der Waals surface area contributed by atoms with Gasteiger partial charge in [-0.05, 0) is 37.5 Å². The summed E-state index contributed by atoms with van der Waals surface area (Å²) in [5.74, 6) is -0.239. The number of hydrogen-bond donors (Lipinski definition) is 2. The fraction of sp³-hybridized carbons (Fsp3) is 0.423. The van der Waals surface area contributed by atoms with Crippen molar-refractivity contribution in [1.82, 2.24) is 4.57 Å². The Morgan fingerprint density at radius 3 is 2.35 bits per heavy atom. The van der Waals surface area contributed by atoms with Crippen LogP contribution in [0.5, 0.6) is 17.2 Å². The summed E-state index contributed by atoms with van der Waals surface area (Å²) in [4.78, 5) is 15.1. The molecule has 0 aliphatic carbocycles. The van der Waals surface area contributed by atoms with E-state index in [0.29, 0.717) is 34.6 Å². The first-order chi connectivity index (χ1) is 15.9. The van der Waals surface area contributed by atoms with E-state index in [2.05, 4.69) is 0 Å². The second kappa shape index (κ2) is 9.44. The Morgan fingerprint density at radius 2 is 1.79 bits per heavy atom. The summed E-state index contributed by atoms with van der Waals surface area (Å²) >= 11 is 0. The minimum absolute atomic E-state index is 0.0107. The third kappa shape index (κ3) is 4.62. The van der Waals surface area contributed by atoms with Crippen molar-refractivity contribution < 1.29 is 23.8 Å². The first kappa shape index (κ1) is 25.2. The third-order valence-electron chi connectivity index (χ3n) is 5.68. The van der Waals surface area contributed by atoms with E-state index in [1.807, 2.05) is 27.7 Å². The van der Waals surface area contributed by atoms with Gasteiger partial charge in [-0.25, -0.2) is 4.39 Å². The lowest BCUT2D eigenvalue weighted by Crippen LogP contribution is -2.18. The van der Waals surface area contributed by atoms with Crippen LogP contribution in [0.2, 0.25) is 0 Å². The van der Waals surface area contributed by atoms with Gasteiger partial charge in [0.15, 0.2) is 23.1 Å². The molecule has 8 heteroatoms. The van der Waals surface area contributed by atoms with Crippen LogP contribution in [0, 0.1) is 5.82 Å². The highest BCUT2D eigenvalue weighted by atomic mass is 19.1. The van der Waals surface area contributed by atoms with E-state index in [1.54, 1.807) is 50.3 Å². The van der Waals surface area contributed by atoms with Crippen molar-refractivity contribution in [3.63, 3.8) is 0 Å². The average molecular weight is 472 g/mol. The minimum Gasteiger partial charge on any atom is -0.505 e. The topological polar surface area (TPSA) is 90.0 Å². The summed E-state index contributed by atoms with van der Waals surface area (Å²) in [5.41, 5.74) is 7.57. The van der Waals surface area contributed by atoms with Gasteiger partial charge in [-0.15, -0.1) is 0 Å². The molecule has 184 valence electrons. The largest absolute Gasteiger partial charge is 0.505 e. The number of rotatable bonds is 8. The zero-order valence-electron chi connectivity index (χ0n) is 21.0. The van der Waals surface area contributed by atoms with Crippen LogP contribution in [0.1, 0.15) is 50.5 Å². The first-order valence-corrected chi connectivity index (χ1v) is 11.3. The van der Waals surface area contributed by atoms with E-state index in [9.17, 15) is 9.90 Å². The zero-order chi connectivity index (χ0) is 25.4. The predicted molar refractivity (Wildman–Crippen MR) is 134 cm³/mol. The van der Waals surface area contributed by atoms with Crippen LogP contribution in [0.25, 0.3) is 10.8 Å². The molecular formula is C26H34FN3O4. The van der Waals surface area contributed by atoms with Crippen LogP contribution < -0.4 is 20.1 Å². The van der Waals surface area contributed by atoms with Crippen molar-refractivity contribution in [2.75, 3.05) is 37.9 Å². The standard InChI is InChI=1S/C26H34FN3O4/c1-8-33-20-12-16-13-30(25(28)21(16)22(27)24(20)34-9-2)14-19(31)15-10-17(26(3,4)5)23(32)18(11-15)29(6)7/h10-13,32H,8-9,14,28H2,1-7H3. The summed E-state index contributed by atoms with van der Waals surface area (Å²) in [6, 6.07) is 5.05. The number of carbonyl (C=O) groups is 1. The number of nitrogen functional groups attached to an aromatic ring is 1. The van der Waals surface area contributed by atoms with Crippen molar-refractivity contribution in [3.8, 4) is 17.2 Å². The molecule has 0 saturated carbocycles. The number of carbonyl (C=O) groups excluding carboxylic acids is 1. The monoisotopic (exact) mass is 471 g/mol. The van der Waals surface area contributed by atoms with Gasteiger partial charge in [-0.3, -0.25) is 4.79 Å². The molecule has 0 aliphatic rings. The quantitative estimate of drug-likeness (QED) is 0.444. The maximum Gasteiger partial charge on any atom is 0.197 e. The number of ketones is 1. The molecule has 3 rings (SSSR count). The number of hydrogen-bond acceptors (Lipinski definition) is 6. The maximum absolute atomic E-state index is 15.3. The second-order valence-electron chi connectivity index (χ2n) is 9.45. The van der Waals surface area contributed by atoms with Crippen molar-refractivity contribution in [3.05, 3.63) is 41.3 Å². The Labute approximate surface area is 199 Å². The van der Waals surface area contributed by atoms with Crippen LogP contribution in [-0.2, 0) is 12.0 Å². The Bertz CT molecular complexity index is 1230. The molecule has 34 heavy (non-hydrogen) atoms. The number of phenols is 1. The van der Waals surface area contributed by atoms with Crippen LogP contribution in [-0.4, -0.2) is 42.8 Å². The number of nitrogens with two attached hydrogens (primary N) is 1. The number of phenolic OH excluding ortho intramolecular Hbond substituents is 1. The number of aromatic nitrogens is 1.